The van der Waals surface area contributed by atoms with Gasteiger partial charge < -0.3 is 9.29 Å². The Kier molecular flexibility index (Phi) is 4.83. The SMILES string of the molecule is CC(C)C(=O)Oc1cccc(S(=O)O)c1S(C)(=O)=O. The van der Waals surface area contributed by atoms with Gasteiger partial charge in [-0.1, -0.05) is 19.9 Å². The van der Waals surface area contributed by atoms with Crippen LogP contribution in [0.1, 0.15) is 13.8 Å². The fourth-order valence-corrected chi connectivity index (χ4v) is 3.34. The molecule has 1 aromatic rings. The van der Waals surface area contributed by atoms with Gasteiger partial charge in [0.2, 0.25) is 0 Å². The van der Waals surface area contributed by atoms with E-state index in [0.29, 0.717) is 0 Å². The summed E-state index contributed by atoms with van der Waals surface area (Å²) >= 11 is -2.49. The van der Waals surface area contributed by atoms with Gasteiger partial charge in [0, 0.05) is 6.26 Å². The summed E-state index contributed by atoms with van der Waals surface area (Å²) in [7, 11) is -3.81. The monoisotopic (exact) mass is 306 g/mol. The van der Waals surface area contributed by atoms with E-state index in [2.05, 4.69) is 0 Å². The fourth-order valence-electron chi connectivity index (χ4n) is 1.31. The minimum absolute atomic E-state index is 0.235. The summed E-state index contributed by atoms with van der Waals surface area (Å²) in [5, 5.41) is 0. The van der Waals surface area contributed by atoms with Crippen molar-refractivity contribution < 1.29 is 26.7 Å². The lowest BCUT2D eigenvalue weighted by atomic mass is 10.2. The van der Waals surface area contributed by atoms with Crippen LogP contribution in [0, 0.1) is 5.92 Å². The molecule has 1 atom stereocenters. The van der Waals surface area contributed by atoms with Crippen LogP contribution in [0.4, 0.5) is 0 Å². The quantitative estimate of drug-likeness (QED) is 0.510. The topological polar surface area (TPSA) is 97.7 Å². The first-order valence-corrected chi connectivity index (χ1v) is 8.30. The smallest absolute Gasteiger partial charge is 0.313 e. The maximum atomic E-state index is 11.7. The number of benzene rings is 1. The number of rotatable bonds is 4. The molecule has 1 aromatic carbocycles. The normalized spacial score (nSPS) is 13.3. The summed E-state index contributed by atoms with van der Waals surface area (Å²) in [6, 6.07) is 3.81. The molecular weight excluding hydrogens is 292 g/mol. The molecule has 0 saturated carbocycles. The van der Waals surface area contributed by atoms with Crippen LogP contribution < -0.4 is 4.74 Å². The zero-order valence-corrected chi connectivity index (χ0v) is 12.2. The Hall–Kier alpha value is -1.25. The highest BCUT2D eigenvalue weighted by molar-refractivity contribution is 7.91. The predicted octanol–water partition coefficient (Wildman–Crippen LogP) is 1.23. The molecule has 0 radical (unpaired) electrons. The second-order valence-electron chi connectivity index (χ2n) is 4.18. The number of hydrogen-bond acceptors (Lipinski definition) is 5. The minimum atomic E-state index is -3.81. The maximum Gasteiger partial charge on any atom is 0.313 e. The Bertz CT molecular complexity index is 618. The second-order valence-corrected chi connectivity index (χ2v) is 7.07. The lowest BCUT2D eigenvalue weighted by Gasteiger charge is -2.12. The number of carbonyl (C=O) groups excluding carboxylic acids is 1. The molecule has 0 saturated heterocycles. The average molecular weight is 306 g/mol. The number of hydrogen-bond donors (Lipinski definition) is 1. The van der Waals surface area contributed by atoms with E-state index in [1.165, 1.54) is 18.2 Å². The molecule has 0 aliphatic rings. The molecule has 0 spiro atoms. The van der Waals surface area contributed by atoms with Gasteiger partial charge in [-0.2, -0.15) is 0 Å². The molecule has 0 amide bonds. The molecule has 8 heteroatoms. The van der Waals surface area contributed by atoms with Crippen molar-refractivity contribution in [2.45, 2.75) is 23.6 Å². The zero-order valence-electron chi connectivity index (χ0n) is 10.6. The van der Waals surface area contributed by atoms with E-state index in [9.17, 15) is 17.4 Å². The third-order valence-corrected chi connectivity index (χ3v) is 4.19. The standard InChI is InChI=1S/C11H14O6S2/c1-7(2)11(12)17-8-5-4-6-9(18(13)14)10(8)19(3,15)16/h4-7H,1-3H3,(H,13,14). The molecule has 1 N–H and O–H groups in total. The van der Waals surface area contributed by atoms with Crippen LogP contribution in [-0.2, 0) is 25.7 Å². The van der Waals surface area contributed by atoms with Gasteiger partial charge in [0.15, 0.2) is 26.7 Å². The van der Waals surface area contributed by atoms with Crippen LogP contribution in [0.15, 0.2) is 28.0 Å². The van der Waals surface area contributed by atoms with Crippen molar-refractivity contribution in [2.75, 3.05) is 6.26 Å². The Morgan fingerprint density at radius 1 is 1.37 bits per heavy atom. The summed E-state index contributed by atoms with van der Waals surface area (Å²) in [5.74, 6) is -1.30. The van der Waals surface area contributed by atoms with Crippen molar-refractivity contribution in [1.82, 2.24) is 0 Å². The van der Waals surface area contributed by atoms with E-state index in [-0.39, 0.29) is 10.6 Å². The Morgan fingerprint density at radius 3 is 2.37 bits per heavy atom. The molecule has 0 bridgehead atoms. The second kappa shape index (κ2) is 5.81. The van der Waals surface area contributed by atoms with Crippen molar-refractivity contribution in [3.8, 4) is 5.75 Å². The van der Waals surface area contributed by atoms with Crippen molar-refractivity contribution in [3.05, 3.63) is 18.2 Å². The molecule has 1 unspecified atom stereocenters. The molecule has 0 aromatic heterocycles. The lowest BCUT2D eigenvalue weighted by Crippen LogP contribution is -2.17. The van der Waals surface area contributed by atoms with Gasteiger partial charge in [-0.25, -0.2) is 12.6 Å². The molecule has 19 heavy (non-hydrogen) atoms. The number of sulfone groups is 1. The van der Waals surface area contributed by atoms with E-state index in [0.717, 1.165) is 6.26 Å². The van der Waals surface area contributed by atoms with Gasteiger partial charge in [0.1, 0.15) is 4.90 Å². The van der Waals surface area contributed by atoms with Gasteiger partial charge in [-0.15, -0.1) is 0 Å². The van der Waals surface area contributed by atoms with E-state index >= 15 is 0 Å². The number of carbonyl (C=O) groups is 1. The summed E-state index contributed by atoms with van der Waals surface area (Å²) in [4.78, 5) is 10.8. The van der Waals surface area contributed by atoms with Gasteiger partial charge >= 0.3 is 5.97 Å². The highest BCUT2D eigenvalue weighted by Crippen LogP contribution is 2.30. The molecule has 0 fully saturated rings. The van der Waals surface area contributed by atoms with Gasteiger partial charge in [-0.05, 0) is 12.1 Å². The Labute approximate surface area is 114 Å². The summed E-state index contributed by atoms with van der Waals surface area (Å²) in [5.41, 5.74) is 0. The summed E-state index contributed by atoms with van der Waals surface area (Å²) in [6.45, 7) is 3.19. The highest BCUT2D eigenvalue weighted by atomic mass is 32.2. The number of esters is 1. The highest BCUT2D eigenvalue weighted by Gasteiger charge is 2.24. The van der Waals surface area contributed by atoms with Gasteiger partial charge in [-0.3, -0.25) is 4.79 Å². The van der Waals surface area contributed by atoms with Crippen molar-refractivity contribution in [2.24, 2.45) is 5.92 Å². The van der Waals surface area contributed by atoms with Crippen LogP contribution in [0.5, 0.6) is 5.75 Å². The zero-order chi connectivity index (χ0) is 14.8. The Balaban J connectivity index is 3.45. The minimum Gasteiger partial charge on any atom is -0.425 e. The van der Waals surface area contributed by atoms with E-state index < -0.39 is 37.7 Å². The van der Waals surface area contributed by atoms with E-state index in [4.69, 9.17) is 9.29 Å². The van der Waals surface area contributed by atoms with E-state index in [1.807, 2.05) is 0 Å². The number of ether oxygens (including phenoxy) is 1. The van der Waals surface area contributed by atoms with Crippen LogP contribution in [0.25, 0.3) is 0 Å². The van der Waals surface area contributed by atoms with Crippen LogP contribution in [-0.4, -0.2) is 29.4 Å². The maximum absolute atomic E-state index is 11.7. The summed E-state index contributed by atoms with van der Waals surface area (Å²) < 4.78 is 48.6. The molecule has 1 rings (SSSR count). The first-order chi connectivity index (χ1) is 8.64. The fraction of sp³-hybridized carbons (Fsp3) is 0.364. The van der Waals surface area contributed by atoms with Gasteiger partial charge in [0.25, 0.3) is 0 Å². The van der Waals surface area contributed by atoms with Crippen molar-refractivity contribution in [3.63, 3.8) is 0 Å². The van der Waals surface area contributed by atoms with Gasteiger partial charge in [0.05, 0.1) is 10.8 Å². The molecule has 0 heterocycles. The molecule has 0 aliphatic heterocycles. The Morgan fingerprint density at radius 2 is 1.95 bits per heavy atom. The first-order valence-electron chi connectivity index (χ1n) is 5.30. The molecule has 6 nitrogen and oxygen atoms in total. The molecular formula is C11H14O6S2. The lowest BCUT2D eigenvalue weighted by molar-refractivity contribution is -0.137. The first kappa shape index (κ1) is 15.8. The third-order valence-electron chi connectivity index (χ3n) is 2.18. The third kappa shape index (κ3) is 3.85. The summed E-state index contributed by atoms with van der Waals surface area (Å²) in [6.07, 6.45) is 0.880. The van der Waals surface area contributed by atoms with Crippen LogP contribution in [0.3, 0.4) is 0 Å². The van der Waals surface area contributed by atoms with Crippen molar-refractivity contribution in [1.29, 1.82) is 0 Å². The average Bonchev–Trinajstić information content (AvgIpc) is 2.26. The molecule has 0 aliphatic carbocycles. The molecule has 106 valence electrons. The largest absolute Gasteiger partial charge is 0.425 e. The van der Waals surface area contributed by atoms with E-state index in [1.54, 1.807) is 13.8 Å². The van der Waals surface area contributed by atoms with Crippen LogP contribution >= 0.6 is 0 Å². The van der Waals surface area contributed by atoms with Crippen molar-refractivity contribution >= 4 is 26.9 Å². The predicted molar refractivity (Wildman–Crippen MR) is 69.1 cm³/mol. The van der Waals surface area contributed by atoms with Crippen LogP contribution in [0.2, 0.25) is 0 Å².